The van der Waals surface area contributed by atoms with Crippen LogP contribution in [0.5, 0.6) is 0 Å². The first-order valence-corrected chi connectivity index (χ1v) is 8.26. The molecule has 3 N–H and O–H groups in total. The van der Waals surface area contributed by atoms with Crippen molar-refractivity contribution in [2.45, 2.75) is 11.8 Å². The molecule has 2 rings (SSSR count). The molecule has 0 bridgehead atoms. The fraction of sp³-hybridized carbons (Fsp3) is 0.0714. The van der Waals surface area contributed by atoms with E-state index in [1.54, 1.807) is 31.2 Å². The van der Waals surface area contributed by atoms with Crippen molar-refractivity contribution in [2.75, 3.05) is 4.72 Å². The molecule has 0 aliphatic heterocycles. The van der Waals surface area contributed by atoms with Crippen molar-refractivity contribution >= 4 is 37.5 Å². The van der Waals surface area contributed by atoms with Crippen LogP contribution in [0.2, 0.25) is 0 Å². The molecule has 0 saturated carbocycles. The summed E-state index contributed by atoms with van der Waals surface area (Å²) in [4.78, 5) is 11.4. The summed E-state index contributed by atoms with van der Waals surface area (Å²) in [6.07, 6.45) is 0. The maximum absolute atomic E-state index is 12.4. The molecule has 110 valence electrons. The van der Waals surface area contributed by atoms with Crippen molar-refractivity contribution < 1.29 is 13.2 Å². The molecule has 0 spiro atoms. The van der Waals surface area contributed by atoms with Crippen molar-refractivity contribution in [1.29, 1.82) is 0 Å². The van der Waals surface area contributed by atoms with Crippen molar-refractivity contribution in [3.63, 3.8) is 0 Å². The van der Waals surface area contributed by atoms with Crippen LogP contribution in [0.4, 0.5) is 5.69 Å². The van der Waals surface area contributed by atoms with E-state index in [4.69, 9.17) is 5.73 Å². The molecule has 21 heavy (non-hydrogen) atoms. The fourth-order valence-electron chi connectivity index (χ4n) is 1.78. The Balaban J connectivity index is 2.42. The standard InChI is InChI=1S/C14H13BrN2O3S/c1-9-8-10(6-7-12(9)15)21(19,20)17-13-5-3-2-4-11(13)14(16)18/h2-8,17H,1H3,(H2,16,18). The normalized spacial score (nSPS) is 11.1. The lowest BCUT2D eigenvalue weighted by molar-refractivity contribution is 0.100. The minimum absolute atomic E-state index is 0.113. The quantitative estimate of drug-likeness (QED) is 0.868. The molecule has 1 amide bonds. The predicted octanol–water partition coefficient (Wildman–Crippen LogP) is 2.66. The SMILES string of the molecule is Cc1cc(S(=O)(=O)Nc2ccccc2C(N)=O)ccc1Br. The van der Waals surface area contributed by atoms with Crippen LogP contribution in [0.3, 0.4) is 0 Å². The molecule has 0 aliphatic rings. The van der Waals surface area contributed by atoms with E-state index >= 15 is 0 Å². The number of halogens is 1. The van der Waals surface area contributed by atoms with E-state index in [-0.39, 0.29) is 16.1 Å². The van der Waals surface area contributed by atoms with Gasteiger partial charge in [-0.15, -0.1) is 0 Å². The predicted molar refractivity (Wildman–Crippen MR) is 84.6 cm³/mol. The smallest absolute Gasteiger partial charge is 0.261 e. The second kappa shape index (κ2) is 5.87. The molecule has 2 aromatic rings. The van der Waals surface area contributed by atoms with E-state index in [0.29, 0.717) is 0 Å². The van der Waals surface area contributed by atoms with Gasteiger partial charge >= 0.3 is 0 Å². The van der Waals surface area contributed by atoms with Gasteiger partial charge in [-0.3, -0.25) is 9.52 Å². The summed E-state index contributed by atoms with van der Waals surface area (Å²) in [5.74, 6) is -0.694. The van der Waals surface area contributed by atoms with Crippen LogP contribution in [0.15, 0.2) is 51.8 Å². The van der Waals surface area contributed by atoms with Crippen LogP contribution in [0, 0.1) is 6.92 Å². The van der Waals surface area contributed by atoms with E-state index in [2.05, 4.69) is 20.7 Å². The lowest BCUT2D eigenvalue weighted by atomic mass is 10.2. The summed E-state index contributed by atoms with van der Waals surface area (Å²) < 4.78 is 27.9. The number of nitrogens with two attached hydrogens (primary N) is 1. The van der Waals surface area contributed by atoms with Gasteiger partial charge in [0, 0.05) is 4.47 Å². The lowest BCUT2D eigenvalue weighted by Gasteiger charge is -2.11. The highest BCUT2D eigenvalue weighted by atomic mass is 79.9. The van der Waals surface area contributed by atoms with Crippen molar-refractivity contribution in [3.05, 3.63) is 58.1 Å². The second-order valence-corrected chi connectivity index (χ2v) is 6.96. The Morgan fingerprint density at radius 1 is 1.19 bits per heavy atom. The Labute approximate surface area is 131 Å². The zero-order valence-electron chi connectivity index (χ0n) is 11.1. The Morgan fingerprint density at radius 2 is 1.86 bits per heavy atom. The van der Waals surface area contributed by atoms with Gasteiger partial charge in [0.25, 0.3) is 15.9 Å². The zero-order valence-corrected chi connectivity index (χ0v) is 13.5. The summed E-state index contributed by atoms with van der Waals surface area (Å²) in [7, 11) is -3.79. The lowest BCUT2D eigenvalue weighted by Crippen LogP contribution is -2.18. The van der Waals surface area contributed by atoms with Crippen LogP contribution >= 0.6 is 15.9 Å². The topological polar surface area (TPSA) is 89.3 Å². The summed E-state index contributed by atoms with van der Waals surface area (Å²) >= 11 is 3.32. The van der Waals surface area contributed by atoms with E-state index in [1.165, 1.54) is 18.2 Å². The molecule has 0 saturated heterocycles. The molecule has 0 radical (unpaired) electrons. The molecule has 0 atom stereocenters. The first-order chi connectivity index (χ1) is 9.81. The second-order valence-electron chi connectivity index (χ2n) is 4.43. The third kappa shape index (κ3) is 3.43. The van der Waals surface area contributed by atoms with Gasteiger partial charge in [0.2, 0.25) is 0 Å². The number of anilines is 1. The maximum Gasteiger partial charge on any atom is 0.261 e. The Hall–Kier alpha value is -1.86. The van der Waals surface area contributed by atoms with Crippen molar-refractivity contribution in [2.24, 2.45) is 5.73 Å². The molecule has 2 aromatic carbocycles. The number of benzene rings is 2. The van der Waals surface area contributed by atoms with Gasteiger partial charge in [-0.2, -0.15) is 0 Å². The number of rotatable bonds is 4. The van der Waals surface area contributed by atoms with Crippen LogP contribution < -0.4 is 10.5 Å². The van der Waals surface area contributed by atoms with Gasteiger partial charge < -0.3 is 5.73 Å². The molecule has 0 unspecified atom stereocenters. The van der Waals surface area contributed by atoms with Crippen LogP contribution in [-0.4, -0.2) is 14.3 Å². The highest BCUT2D eigenvalue weighted by Gasteiger charge is 2.18. The van der Waals surface area contributed by atoms with Gasteiger partial charge in [0.1, 0.15) is 0 Å². The van der Waals surface area contributed by atoms with Gasteiger partial charge in [-0.05, 0) is 42.8 Å². The number of amides is 1. The number of hydrogen-bond acceptors (Lipinski definition) is 3. The molecule has 7 heteroatoms. The van der Waals surface area contributed by atoms with Crippen LogP contribution in [0.25, 0.3) is 0 Å². The maximum atomic E-state index is 12.4. The molecular weight excluding hydrogens is 356 g/mol. The van der Waals surface area contributed by atoms with Crippen molar-refractivity contribution in [3.8, 4) is 0 Å². The van der Waals surface area contributed by atoms with E-state index < -0.39 is 15.9 Å². The number of hydrogen-bond donors (Lipinski definition) is 2. The van der Waals surface area contributed by atoms with Gasteiger partial charge in [0.15, 0.2) is 0 Å². The molecular formula is C14H13BrN2O3S. The van der Waals surface area contributed by atoms with Crippen LogP contribution in [-0.2, 0) is 10.0 Å². The average Bonchev–Trinajstić information content (AvgIpc) is 2.41. The molecule has 0 heterocycles. The molecule has 0 fully saturated rings. The molecule has 0 aliphatic carbocycles. The first-order valence-electron chi connectivity index (χ1n) is 5.99. The number of nitrogens with one attached hydrogen (secondary N) is 1. The van der Waals surface area contributed by atoms with E-state index in [1.807, 2.05) is 0 Å². The highest BCUT2D eigenvalue weighted by molar-refractivity contribution is 9.10. The average molecular weight is 369 g/mol. The number of para-hydroxylation sites is 1. The van der Waals surface area contributed by atoms with E-state index in [9.17, 15) is 13.2 Å². The summed E-state index contributed by atoms with van der Waals surface area (Å²) in [5.41, 5.74) is 6.31. The third-order valence-corrected chi connectivity index (χ3v) is 5.13. The number of sulfonamides is 1. The first kappa shape index (κ1) is 15.5. The Morgan fingerprint density at radius 3 is 2.48 bits per heavy atom. The molecule has 0 aromatic heterocycles. The Kier molecular flexibility index (Phi) is 4.34. The minimum atomic E-state index is -3.79. The largest absolute Gasteiger partial charge is 0.366 e. The Bertz CT molecular complexity index is 804. The molecule has 5 nitrogen and oxygen atoms in total. The number of aryl methyl sites for hydroxylation is 1. The summed E-state index contributed by atoms with van der Waals surface area (Å²) in [6.45, 7) is 1.79. The monoisotopic (exact) mass is 368 g/mol. The van der Waals surface area contributed by atoms with Crippen LogP contribution in [0.1, 0.15) is 15.9 Å². The third-order valence-electron chi connectivity index (χ3n) is 2.88. The van der Waals surface area contributed by atoms with Crippen molar-refractivity contribution in [1.82, 2.24) is 0 Å². The summed E-state index contributed by atoms with van der Waals surface area (Å²) in [5, 5.41) is 0. The summed E-state index contributed by atoms with van der Waals surface area (Å²) in [6, 6.07) is 10.9. The number of primary amides is 1. The minimum Gasteiger partial charge on any atom is -0.366 e. The highest BCUT2D eigenvalue weighted by Crippen LogP contribution is 2.23. The van der Waals surface area contributed by atoms with Gasteiger partial charge in [0.05, 0.1) is 16.1 Å². The van der Waals surface area contributed by atoms with Gasteiger partial charge in [-0.25, -0.2) is 8.42 Å². The van der Waals surface area contributed by atoms with Gasteiger partial charge in [-0.1, -0.05) is 28.1 Å². The number of carbonyl (C=O) groups excluding carboxylic acids is 1. The number of carbonyl (C=O) groups is 1. The van der Waals surface area contributed by atoms with E-state index in [0.717, 1.165) is 10.0 Å². The fourth-order valence-corrected chi connectivity index (χ4v) is 3.19. The zero-order chi connectivity index (χ0) is 15.6.